The maximum atomic E-state index is 13.0. The predicted octanol–water partition coefficient (Wildman–Crippen LogP) is 4.75. The molecule has 0 aliphatic rings. The summed E-state index contributed by atoms with van der Waals surface area (Å²) in [5, 5.41) is 8.56. The van der Waals surface area contributed by atoms with Gasteiger partial charge < -0.3 is 9.47 Å². The smallest absolute Gasteiger partial charge is 0.266 e. The molecule has 0 saturated carbocycles. The number of sulfonamides is 1. The minimum atomic E-state index is -3.85. The average molecular weight is 490 g/mol. The molecule has 0 amide bonds. The molecular weight excluding hydrogens is 466 g/mol. The van der Waals surface area contributed by atoms with Crippen molar-refractivity contribution >= 4 is 32.4 Å². The Hall–Kier alpha value is -4.18. The van der Waals surface area contributed by atoms with Crippen molar-refractivity contribution in [3.05, 3.63) is 78.1 Å². The molecule has 0 spiro atoms. The number of hydrogen-bond acceptors (Lipinski definition) is 7. The zero-order valence-corrected chi connectivity index (χ0v) is 20.2. The molecule has 10 heteroatoms. The molecule has 0 radical (unpaired) electrons. The molecule has 5 aromatic rings. The van der Waals surface area contributed by atoms with Crippen LogP contribution in [-0.2, 0) is 16.4 Å². The van der Waals surface area contributed by atoms with Crippen LogP contribution in [0, 0.1) is 6.92 Å². The Bertz CT molecular complexity index is 1650. The number of nitrogens with zero attached hydrogens (tertiary/aromatic N) is 4. The molecule has 0 bridgehead atoms. The SMILES string of the molecule is CCc1nnc2c(Oc3ccc(NS(=O)(=O)c4cc(C)ccc4OC)cc3)nc3ccccc3n12. The van der Waals surface area contributed by atoms with Gasteiger partial charge in [-0.3, -0.25) is 9.12 Å². The molecule has 2 heterocycles. The fourth-order valence-electron chi connectivity index (χ4n) is 3.82. The molecule has 35 heavy (non-hydrogen) atoms. The van der Waals surface area contributed by atoms with Crippen molar-refractivity contribution in [2.75, 3.05) is 11.8 Å². The Morgan fingerprint density at radius 3 is 2.51 bits per heavy atom. The zero-order chi connectivity index (χ0) is 24.6. The molecule has 0 atom stereocenters. The second kappa shape index (κ2) is 8.88. The molecule has 1 N–H and O–H groups in total. The molecule has 3 aromatic carbocycles. The Balaban J connectivity index is 1.44. The third kappa shape index (κ3) is 4.24. The zero-order valence-electron chi connectivity index (χ0n) is 19.4. The third-order valence-corrected chi connectivity index (χ3v) is 6.91. The normalized spacial score (nSPS) is 11.6. The van der Waals surface area contributed by atoms with Crippen LogP contribution in [-0.4, -0.2) is 35.1 Å². The van der Waals surface area contributed by atoms with E-state index in [0.29, 0.717) is 29.4 Å². The lowest BCUT2D eigenvalue weighted by molar-refractivity contribution is 0.402. The topological polar surface area (TPSA) is 108 Å². The van der Waals surface area contributed by atoms with Crippen LogP contribution < -0.4 is 14.2 Å². The Kier molecular flexibility index (Phi) is 5.73. The molecule has 0 saturated heterocycles. The average Bonchev–Trinajstić information content (AvgIpc) is 3.30. The van der Waals surface area contributed by atoms with Crippen molar-refractivity contribution < 1.29 is 17.9 Å². The maximum Gasteiger partial charge on any atom is 0.266 e. The van der Waals surface area contributed by atoms with Crippen molar-refractivity contribution in [2.24, 2.45) is 0 Å². The Morgan fingerprint density at radius 2 is 1.77 bits per heavy atom. The van der Waals surface area contributed by atoms with Crippen molar-refractivity contribution in [3.8, 4) is 17.4 Å². The van der Waals surface area contributed by atoms with Crippen LogP contribution in [0.4, 0.5) is 5.69 Å². The van der Waals surface area contributed by atoms with Gasteiger partial charge in [0.1, 0.15) is 22.2 Å². The minimum absolute atomic E-state index is 0.0709. The molecule has 0 unspecified atom stereocenters. The van der Waals surface area contributed by atoms with Gasteiger partial charge in [-0.1, -0.05) is 25.1 Å². The van der Waals surface area contributed by atoms with E-state index in [1.54, 1.807) is 42.5 Å². The monoisotopic (exact) mass is 489 g/mol. The first-order chi connectivity index (χ1) is 16.9. The number of aromatic nitrogens is 4. The van der Waals surface area contributed by atoms with Crippen LogP contribution in [0.1, 0.15) is 18.3 Å². The summed E-state index contributed by atoms with van der Waals surface area (Å²) in [5.74, 6) is 1.87. The number of aryl methyl sites for hydroxylation is 2. The largest absolute Gasteiger partial charge is 0.495 e. The van der Waals surface area contributed by atoms with Gasteiger partial charge in [0.25, 0.3) is 15.9 Å². The number of anilines is 1. The summed E-state index contributed by atoms with van der Waals surface area (Å²) in [4.78, 5) is 4.70. The van der Waals surface area contributed by atoms with Crippen molar-refractivity contribution in [3.63, 3.8) is 0 Å². The number of methoxy groups -OCH3 is 1. The molecule has 5 rings (SSSR count). The van der Waals surface area contributed by atoms with Crippen molar-refractivity contribution in [1.82, 2.24) is 19.6 Å². The summed E-state index contributed by atoms with van der Waals surface area (Å²) >= 11 is 0. The number of para-hydroxylation sites is 2. The lowest BCUT2D eigenvalue weighted by atomic mass is 10.2. The van der Waals surface area contributed by atoms with Crippen molar-refractivity contribution in [2.45, 2.75) is 25.2 Å². The fraction of sp³-hybridized carbons (Fsp3) is 0.160. The van der Waals surface area contributed by atoms with E-state index in [9.17, 15) is 8.42 Å². The highest BCUT2D eigenvalue weighted by atomic mass is 32.2. The summed E-state index contributed by atoms with van der Waals surface area (Å²) in [7, 11) is -2.42. The van der Waals surface area contributed by atoms with Gasteiger partial charge in [-0.25, -0.2) is 13.4 Å². The van der Waals surface area contributed by atoms with E-state index in [1.165, 1.54) is 7.11 Å². The first-order valence-corrected chi connectivity index (χ1v) is 12.5. The van der Waals surface area contributed by atoms with E-state index >= 15 is 0 Å². The molecule has 0 fully saturated rings. The van der Waals surface area contributed by atoms with E-state index in [0.717, 1.165) is 22.4 Å². The molecular formula is C25H23N5O4S. The number of nitrogens with one attached hydrogen (secondary N) is 1. The lowest BCUT2D eigenvalue weighted by Crippen LogP contribution is -2.14. The number of benzene rings is 3. The standard InChI is InChI=1S/C25H23N5O4S/c1-4-23-27-28-24-25(26-19-7-5-6-8-20(19)30(23)24)34-18-12-10-17(11-13-18)29-35(31,32)22-15-16(2)9-14-21(22)33-3/h5-15,29H,4H2,1-3H3. The van der Waals surface area contributed by atoms with Gasteiger partial charge >= 0.3 is 0 Å². The quantitative estimate of drug-likeness (QED) is 0.351. The Labute approximate surface area is 202 Å². The van der Waals surface area contributed by atoms with Crippen LogP contribution in [0.2, 0.25) is 0 Å². The molecule has 9 nitrogen and oxygen atoms in total. The van der Waals surface area contributed by atoms with Gasteiger partial charge in [-0.2, -0.15) is 0 Å². The number of ether oxygens (including phenoxy) is 2. The van der Waals surface area contributed by atoms with Gasteiger partial charge in [-0.15, -0.1) is 10.2 Å². The van der Waals surface area contributed by atoms with E-state index in [4.69, 9.17) is 9.47 Å². The molecule has 2 aromatic heterocycles. The number of rotatable bonds is 7. The molecule has 178 valence electrons. The van der Waals surface area contributed by atoms with Crippen LogP contribution in [0.5, 0.6) is 17.4 Å². The van der Waals surface area contributed by atoms with E-state index in [1.807, 2.05) is 42.5 Å². The van der Waals surface area contributed by atoms with E-state index < -0.39 is 10.0 Å². The molecule has 0 aliphatic heterocycles. The highest BCUT2D eigenvalue weighted by Gasteiger charge is 2.20. The number of fused-ring (bicyclic) bond motifs is 3. The van der Waals surface area contributed by atoms with Gasteiger partial charge in [-0.05, 0) is 61.0 Å². The first kappa shape index (κ1) is 22.6. The summed E-state index contributed by atoms with van der Waals surface area (Å²) in [6.45, 7) is 3.83. The third-order valence-electron chi connectivity index (χ3n) is 5.51. The lowest BCUT2D eigenvalue weighted by Gasteiger charge is -2.13. The Morgan fingerprint density at radius 1 is 1.00 bits per heavy atom. The summed E-state index contributed by atoms with van der Waals surface area (Å²) < 4.78 is 41.7. The number of hydrogen-bond donors (Lipinski definition) is 1. The van der Waals surface area contributed by atoms with Crippen LogP contribution in [0.15, 0.2) is 71.6 Å². The van der Waals surface area contributed by atoms with Crippen LogP contribution in [0.25, 0.3) is 16.7 Å². The summed E-state index contributed by atoms with van der Waals surface area (Å²) in [5.41, 5.74) is 3.35. The second-order valence-corrected chi connectivity index (χ2v) is 9.57. The highest BCUT2D eigenvalue weighted by molar-refractivity contribution is 7.92. The summed E-state index contributed by atoms with van der Waals surface area (Å²) in [6.07, 6.45) is 0.704. The summed E-state index contributed by atoms with van der Waals surface area (Å²) in [6, 6.07) is 19.3. The van der Waals surface area contributed by atoms with Gasteiger partial charge in [0.2, 0.25) is 5.65 Å². The van der Waals surface area contributed by atoms with Crippen LogP contribution >= 0.6 is 0 Å². The maximum absolute atomic E-state index is 13.0. The first-order valence-electron chi connectivity index (χ1n) is 11.0. The highest BCUT2D eigenvalue weighted by Crippen LogP contribution is 2.30. The van der Waals surface area contributed by atoms with Gasteiger partial charge in [0.05, 0.1) is 18.1 Å². The van der Waals surface area contributed by atoms with E-state index in [2.05, 4.69) is 19.9 Å². The fourth-order valence-corrected chi connectivity index (χ4v) is 5.13. The van der Waals surface area contributed by atoms with Gasteiger partial charge in [0.15, 0.2) is 0 Å². The van der Waals surface area contributed by atoms with Crippen molar-refractivity contribution in [1.29, 1.82) is 0 Å². The predicted molar refractivity (Wildman–Crippen MR) is 133 cm³/mol. The second-order valence-electron chi connectivity index (χ2n) is 7.92. The van der Waals surface area contributed by atoms with Gasteiger partial charge in [0, 0.05) is 12.1 Å². The molecule has 0 aliphatic carbocycles. The minimum Gasteiger partial charge on any atom is -0.495 e. The van der Waals surface area contributed by atoms with E-state index in [-0.39, 0.29) is 10.6 Å². The van der Waals surface area contributed by atoms with Crippen LogP contribution in [0.3, 0.4) is 0 Å².